The van der Waals surface area contributed by atoms with Gasteiger partial charge in [-0.1, -0.05) is 84.9 Å². The number of anilines is 3. The van der Waals surface area contributed by atoms with Crippen LogP contribution in [0.3, 0.4) is 0 Å². The van der Waals surface area contributed by atoms with E-state index < -0.39 is 32.7 Å². The van der Waals surface area contributed by atoms with Crippen LogP contribution < -0.4 is 15.4 Å². The number of carbonyl (C=O) groups excluding carboxylic acids is 2. The molecule has 0 spiro atoms. The molecule has 364 valence electrons. The molecule has 0 saturated carbocycles. The van der Waals surface area contributed by atoms with Gasteiger partial charge in [-0.05, 0) is 36.1 Å². The standard InChI is InChI=1S/C22H20N4O5S3.C22H18N4O4S2.CH3.2ClH.Sn.H/c27-14-31-11-19-22(33-13-23-19)24-18(10-15-6-8-17(9-7-15)26-34(28,29)30)20-12-32-21(25-20)16-4-2-1-3-5-16;27-14-30-11-19-22(32-13-23-19)24-18(10-15-6-8-17(9-7-15)26(28)29)20-12-31-21(25-20)16-4-2-1-3-5-16;;;;;/h1-9,12-14,18,24,26H,10-11H2,(H,28,29,30);1-9,12-14,18,24H,10-11H2;1H3;2*1H;;/q;;;;;+2;/p-2/t2*18-;;;;;/m00...../s1. The topological polar surface area (TPSA) is 238 Å². The third-order valence-corrected chi connectivity index (χ3v) is 13.4. The summed E-state index contributed by atoms with van der Waals surface area (Å²) in [5, 5.41) is 25.3. The number of hydrogen-bond acceptors (Lipinski definition) is 18. The Hall–Kier alpha value is -5.57. The molecule has 0 aliphatic carbocycles. The quantitative estimate of drug-likeness (QED) is 0.0172. The molecule has 0 amide bonds. The van der Waals surface area contributed by atoms with E-state index >= 15 is 0 Å². The van der Waals surface area contributed by atoms with Crippen molar-refractivity contribution >= 4 is 125 Å². The first-order valence-electron chi connectivity index (χ1n) is 20.6. The van der Waals surface area contributed by atoms with Gasteiger partial charge in [-0.2, -0.15) is 8.42 Å². The van der Waals surface area contributed by atoms with Crippen LogP contribution in [-0.4, -0.2) is 68.3 Å². The molecule has 2 atom stereocenters. The van der Waals surface area contributed by atoms with Gasteiger partial charge >= 0.3 is 50.6 Å². The number of benzene rings is 4. The van der Waals surface area contributed by atoms with Crippen LogP contribution in [0.15, 0.2) is 131 Å². The number of nitro groups is 1. The SMILES string of the molecule is O=COCc1ncsc1N[C@@H](Cc1ccc(NS(=O)(=O)O)cc1)c1csc(-c2ccccc2)n1.O=COCc1ncsc1N[C@@H](Cc1ccc([N+](=O)[O-])cc1)c1csc(-c2ccccc2)n1.[CH3][SnH]([Cl])[Cl]. The summed E-state index contributed by atoms with van der Waals surface area (Å²) in [6.45, 7) is 0.912. The molecule has 0 saturated heterocycles. The van der Waals surface area contributed by atoms with E-state index in [1.165, 1.54) is 34.8 Å². The Balaban J connectivity index is 0.000000214. The van der Waals surface area contributed by atoms with Gasteiger partial charge in [0.2, 0.25) is 0 Å². The molecule has 0 bridgehead atoms. The minimum absolute atomic E-state index is 0.0500. The predicted molar refractivity (Wildman–Crippen MR) is 281 cm³/mol. The maximum absolute atomic E-state index is 11.0. The van der Waals surface area contributed by atoms with Crippen LogP contribution in [0.1, 0.15) is 46.0 Å². The molecule has 25 heteroatoms. The second-order valence-electron chi connectivity index (χ2n) is 14.5. The molecule has 0 unspecified atom stereocenters. The number of ether oxygens (including phenoxy) is 2. The van der Waals surface area contributed by atoms with Crippen molar-refractivity contribution in [2.75, 3.05) is 15.4 Å². The molecular formula is C45H42Cl2N8O9S5Sn. The van der Waals surface area contributed by atoms with Gasteiger partial charge in [0.1, 0.15) is 44.6 Å². The summed E-state index contributed by atoms with van der Waals surface area (Å²) in [5.74, 6) is 0. The fourth-order valence-corrected chi connectivity index (χ4v) is 10.1. The fraction of sp³-hybridized carbons (Fsp3) is 0.156. The van der Waals surface area contributed by atoms with E-state index in [0.717, 1.165) is 53.7 Å². The summed E-state index contributed by atoms with van der Waals surface area (Å²) < 4.78 is 42.8. The second-order valence-corrected chi connectivity index (χ2v) is 32.3. The van der Waals surface area contributed by atoms with Gasteiger partial charge in [0.15, 0.2) is 0 Å². The Morgan fingerprint density at radius 1 is 0.700 bits per heavy atom. The molecule has 4 aromatic heterocycles. The Morgan fingerprint density at radius 2 is 1.11 bits per heavy atom. The van der Waals surface area contributed by atoms with E-state index in [2.05, 4.69) is 20.6 Å². The average molecular weight is 1190 g/mol. The summed E-state index contributed by atoms with van der Waals surface area (Å²) in [4.78, 5) is 51.9. The van der Waals surface area contributed by atoms with Crippen molar-refractivity contribution < 1.29 is 37.0 Å². The van der Waals surface area contributed by atoms with Crippen molar-refractivity contribution in [1.29, 1.82) is 0 Å². The number of hydrogen-bond donors (Lipinski definition) is 4. The van der Waals surface area contributed by atoms with Crippen LogP contribution in [0.2, 0.25) is 4.94 Å². The maximum atomic E-state index is 11.0. The van der Waals surface area contributed by atoms with Gasteiger partial charge in [0.05, 0.1) is 45.1 Å². The Labute approximate surface area is 433 Å². The molecule has 4 N–H and O–H groups in total. The number of rotatable bonds is 21. The number of nitro benzene ring substituents is 1. The van der Waals surface area contributed by atoms with Crippen LogP contribution in [0.5, 0.6) is 0 Å². The van der Waals surface area contributed by atoms with Crippen LogP contribution in [-0.2, 0) is 55.4 Å². The van der Waals surface area contributed by atoms with E-state index in [9.17, 15) is 28.1 Å². The molecule has 0 fully saturated rings. The zero-order chi connectivity index (χ0) is 49.9. The van der Waals surface area contributed by atoms with Gasteiger partial charge in [-0.25, -0.2) is 19.9 Å². The zero-order valence-electron chi connectivity index (χ0n) is 36.7. The Kier molecular flexibility index (Phi) is 20.9. The molecule has 4 aromatic carbocycles. The van der Waals surface area contributed by atoms with Crippen LogP contribution >= 0.6 is 63.2 Å². The number of non-ortho nitro benzene ring substituents is 1. The van der Waals surface area contributed by atoms with Gasteiger partial charge in [0, 0.05) is 34.0 Å². The number of aromatic nitrogens is 4. The second kappa shape index (κ2) is 27.1. The molecule has 0 aliphatic heterocycles. The van der Waals surface area contributed by atoms with Gasteiger partial charge < -0.3 is 20.1 Å². The first-order chi connectivity index (χ1) is 33.8. The molecule has 0 radical (unpaired) electrons. The minimum atomic E-state index is -4.34. The average Bonchev–Trinajstić information content (AvgIpc) is 4.20. The molecule has 17 nitrogen and oxygen atoms in total. The third-order valence-electron chi connectivity index (χ3n) is 9.50. The molecular weight excluding hydrogens is 1150 g/mol. The summed E-state index contributed by atoms with van der Waals surface area (Å²) >= 11 is 4.21. The monoisotopic (exact) mass is 1190 g/mol. The Bertz CT molecular complexity index is 3000. The number of nitrogens with zero attached hydrogens (tertiary/aromatic N) is 5. The first-order valence-corrected chi connectivity index (χ1v) is 37.2. The summed E-state index contributed by atoms with van der Waals surface area (Å²) in [5.41, 5.74) is 10.5. The zero-order valence-corrected chi connectivity index (χ0v) is 45.6. The Morgan fingerprint density at radius 3 is 1.50 bits per heavy atom. The van der Waals surface area contributed by atoms with E-state index in [1.54, 1.807) is 70.1 Å². The molecule has 4 heterocycles. The fourth-order valence-electron chi connectivity index (χ4n) is 6.38. The van der Waals surface area contributed by atoms with Crippen LogP contribution in [0, 0.1) is 10.1 Å². The normalized spacial score (nSPS) is 11.7. The molecule has 70 heavy (non-hydrogen) atoms. The van der Waals surface area contributed by atoms with Crippen molar-refractivity contribution in [3.05, 3.63) is 175 Å². The van der Waals surface area contributed by atoms with E-state index in [4.69, 9.17) is 41.8 Å². The van der Waals surface area contributed by atoms with Gasteiger partial charge in [0.25, 0.3) is 18.6 Å². The van der Waals surface area contributed by atoms with Crippen LogP contribution in [0.25, 0.3) is 21.1 Å². The van der Waals surface area contributed by atoms with Crippen molar-refractivity contribution in [3.63, 3.8) is 0 Å². The van der Waals surface area contributed by atoms with Crippen molar-refractivity contribution in [2.45, 2.75) is 43.1 Å². The van der Waals surface area contributed by atoms with Gasteiger partial charge in [-0.15, -0.1) is 45.3 Å². The number of halogens is 2. The van der Waals surface area contributed by atoms with E-state index in [-0.39, 0.29) is 36.7 Å². The number of nitrogens with one attached hydrogen (secondary N) is 3. The number of carbonyl (C=O) groups is 2. The summed E-state index contributed by atoms with van der Waals surface area (Å²) in [6, 6.07) is 32.6. The van der Waals surface area contributed by atoms with Crippen molar-refractivity contribution in [3.8, 4) is 21.1 Å². The van der Waals surface area contributed by atoms with E-state index in [0.29, 0.717) is 37.2 Å². The summed E-state index contributed by atoms with van der Waals surface area (Å²) in [7, 11) is 6.16. The molecule has 8 rings (SSSR count). The third kappa shape index (κ3) is 17.1. The predicted octanol–water partition coefficient (Wildman–Crippen LogP) is 11.1. The molecule has 0 aliphatic rings. The first kappa shape index (κ1) is 53.8. The van der Waals surface area contributed by atoms with Gasteiger partial charge in [-0.3, -0.25) is 29.0 Å². The van der Waals surface area contributed by atoms with E-state index in [1.807, 2.05) is 81.1 Å². The van der Waals surface area contributed by atoms with Crippen LogP contribution in [0.4, 0.5) is 21.4 Å². The number of thiazole rings is 4. The summed E-state index contributed by atoms with van der Waals surface area (Å²) in [6.07, 6.45) is 1.10. The molecule has 8 aromatic rings. The van der Waals surface area contributed by atoms with Crippen molar-refractivity contribution in [2.24, 2.45) is 0 Å². The van der Waals surface area contributed by atoms with Crippen molar-refractivity contribution in [1.82, 2.24) is 19.9 Å².